The third-order valence-corrected chi connectivity index (χ3v) is 5.55. The first-order chi connectivity index (χ1) is 15.2. The number of nitrogens with one attached hydrogen (secondary N) is 1. The van der Waals surface area contributed by atoms with Crippen LogP contribution >= 0.6 is 0 Å². The van der Waals surface area contributed by atoms with Crippen LogP contribution in [-0.2, 0) is 11.2 Å². The van der Waals surface area contributed by atoms with Crippen LogP contribution < -0.4 is 25.0 Å². The number of nitrogens with zero attached hydrogens (tertiary/aromatic N) is 1. The predicted molar refractivity (Wildman–Crippen MR) is 121 cm³/mol. The van der Waals surface area contributed by atoms with Crippen LogP contribution in [-0.4, -0.2) is 52.1 Å². The lowest BCUT2D eigenvalue weighted by Gasteiger charge is -2.19. The van der Waals surface area contributed by atoms with E-state index in [1.807, 2.05) is 6.07 Å². The van der Waals surface area contributed by atoms with E-state index >= 15 is 0 Å². The Morgan fingerprint density at radius 1 is 1.03 bits per heavy atom. The van der Waals surface area contributed by atoms with E-state index in [9.17, 15) is 14.4 Å². The first-order valence-electron chi connectivity index (χ1n) is 10.2. The summed E-state index contributed by atoms with van der Waals surface area (Å²) in [5.41, 5.74) is 2.60. The Balaban J connectivity index is 2.42. The summed E-state index contributed by atoms with van der Waals surface area (Å²) in [5.74, 6) is 0.811. The molecule has 1 aliphatic carbocycles. The van der Waals surface area contributed by atoms with Crippen molar-refractivity contribution in [1.29, 1.82) is 0 Å². The standard InChI is InChI=1S/C24H28N2O6/c1-13(27)25-18-10-7-14-11-20(30-4)22(31-5)23(32-6)21(14)15-8-9-16(24(29)26(2)3)19(28)12-17(15)18/h8-9,11-12,18H,7,10H2,1-6H3,(H,25,27)/t18-/m0/s1. The van der Waals surface area contributed by atoms with Crippen LogP contribution in [0.2, 0.25) is 0 Å². The lowest BCUT2D eigenvalue weighted by Crippen LogP contribution is -2.28. The van der Waals surface area contributed by atoms with Crippen LogP contribution in [0.5, 0.6) is 17.2 Å². The van der Waals surface area contributed by atoms with Crippen molar-refractivity contribution in [2.45, 2.75) is 25.8 Å². The molecule has 170 valence electrons. The molecule has 1 aliphatic rings. The maximum atomic E-state index is 13.0. The average Bonchev–Trinajstić information content (AvgIpc) is 3.00. The van der Waals surface area contributed by atoms with E-state index in [2.05, 4.69) is 5.32 Å². The van der Waals surface area contributed by atoms with Gasteiger partial charge >= 0.3 is 0 Å². The molecule has 0 aromatic heterocycles. The zero-order valence-electron chi connectivity index (χ0n) is 19.2. The second-order valence-electron chi connectivity index (χ2n) is 7.80. The molecular weight excluding hydrogens is 412 g/mol. The molecule has 8 heteroatoms. The Labute approximate surface area is 187 Å². The molecule has 32 heavy (non-hydrogen) atoms. The van der Waals surface area contributed by atoms with Gasteiger partial charge in [0.05, 0.1) is 32.9 Å². The maximum absolute atomic E-state index is 13.0. The highest BCUT2D eigenvalue weighted by Crippen LogP contribution is 2.50. The number of amides is 2. The molecule has 0 fully saturated rings. The Bertz CT molecular complexity index is 1130. The SMILES string of the molecule is COc1cc2c(c(OC)c1OC)-c1ccc(C(=O)N(C)C)c(=O)cc1[C@@H](NC(C)=O)CC2. The number of hydrogen-bond acceptors (Lipinski definition) is 6. The summed E-state index contributed by atoms with van der Waals surface area (Å²) in [4.78, 5) is 38.9. The summed E-state index contributed by atoms with van der Waals surface area (Å²) in [6.45, 7) is 1.44. The fraction of sp³-hybridized carbons (Fsp3) is 0.375. The van der Waals surface area contributed by atoms with E-state index in [1.54, 1.807) is 27.3 Å². The first kappa shape index (κ1) is 23.1. The second-order valence-corrected chi connectivity index (χ2v) is 7.80. The fourth-order valence-corrected chi connectivity index (χ4v) is 4.13. The summed E-state index contributed by atoms with van der Waals surface area (Å²) in [6, 6.07) is 6.17. The molecule has 0 spiro atoms. The Kier molecular flexibility index (Phi) is 6.72. The van der Waals surface area contributed by atoms with Crippen LogP contribution in [0.4, 0.5) is 0 Å². The smallest absolute Gasteiger partial charge is 0.257 e. The van der Waals surface area contributed by atoms with Gasteiger partial charge in [-0.05, 0) is 47.7 Å². The van der Waals surface area contributed by atoms with Gasteiger partial charge in [0.15, 0.2) is 16.9 Å². The van der Waals surface area contributed by atoms with Gasteiger partial charge in [-0.1, -0.05) is 6.07 Å². The van der Waals surface area contributed by atoms with Crippen molar-refractivity contribution in [3.8, 4) is 28.4 Å². The number of rotatable bonds is 5. The lowest BCUT2D eigenvalue weighted by atomic mass is 9.95. The third-order valence-electron chi connectivity index (χ3n) is 5.55. The number of fused-ring (bicyclic) bond motifs is 3. The van der Waals surface area contributed by atoms with Crippen LogP contribution in [0.1, 0.15) is 40.9 Å². The number of ether oxygens (including phenoxy) is 3. The summed E-state index contributed by atoms with van der Waals surface area (Å²) in [5, 5.41) is 2.94. The van der Waals surface area contributed by atoms with Crippen LogP contribution in [0.3, 0.4) is 0 Å². The lowest BCUT2D eigenvalue weighted by molar-refractivity contribution is -0.119. The van der Waals surface area contributed by atoms with Gasteiger partial charge in [0.2, 0.25) is 11.7 Å². The number of hydrogen-bond donors (Lipinski definition) is 1. The molecular formula is C24H28N2O6. The van der Waals surface area contributed by atoms with Crippen molar-refractivity contribution in [3.05, 3.63) is 51.2 Å². The first-order valence-corrected chi connectivity index (χ1v) is 10.2. The van der Waals surface area contributed by atoms with E-state index in [0.717, 1.165) is 11.1 Å². The van der Waals surface area contributed by atoms with Crippen molar-refractivity contribution in [2.75, 3.05) is 35.4 Å². The van der Waals surface area contributed by atoms with Gasteiger partial charge < -0.3 is 24.4 Å². The molecule has 1 atom stereocenters. The van der Waals surface area contributed by atoms with Gasteiger partial charge in [-0.15, -0.1) is 0 Å². The Hall–Kier alpha value is -3.55. The van der Waals surface area contributed by atoms with E-state index < -0.39 is 17.4 Å². The molecule has 2 aromatic carbocycles. The van der Waals surface area contributed by atoms with Crippen LogP contribution in [0, 0.1) is 0 Å². The van der Waals surface area contributed by atoms with Crippen molar-refractivity contribution in [3.63, 3.8) is 0 Å². The average molecular weight is 440 g/mol. The molecule has 0 heterocycles. The number of methoxy groups -OCH3 is 3. The predicted octanol–water partition coefficient (Wildman–Crippen LogP) is 2.56. The fourth-order valence-electron chi connectivity index (χ4n) is 4.13. The van der Waals surface area contributed by atoms with Gasteiger partial charge in [-0.3, -0.25) is 14.4 Å². The molecule has 2 amide bonds. The number of carbonyl (C=O) groups excluding carboxylic acids is 2. The maximum Gasteiger partial charge on any atom is 0.257 e. The van der Waals surface area contributed by atoms with Crippen molar-refractivity contribution < 1.29 is 23.8 Å². The molecule has 1 N–H and O–H groups in total. The normalized spacial score (nSPS) is 14.4. The number of carbonyl (C=O) groups is 2. The molecule has 0 radical (unpaired) electrons. The number of benzene rings is 1. The zero-order chi connectivity index (χ0) is 23.6. The minimum atomic E-state index is -0.418. The van der Waals surface area contributed by atoms with Crippen molar-refractivity contribution in [1.82, 2.24) is 10.2 Å². The summed E-state index contributed by atoms with van der Waals surface area (Å²) < 4.78 is 16.8. The highest BCUT2D eigenvalue weighted by atomic mass is 16.5. The van der Waals surface area contributed by atoms with Crippen molar-refractivity contribution in [2.24, 2.45) is 0 Å². The number of aryl methyl sites for hydroxylation is 1. The van der Waals surface area contributed by atoms with Crippen LogP contribution in [0.15, 0.2) is 29.1 Å². The molecule has 8 nitrogen and oxygen atoms in total. The third kappa shape index (κ3) is 4.12. The van der Waals surface area contributed by atoms with Gasteiger partial charge in [0.25, 0.3) is 5.91 Å². The molecule has 0 saturated carbocycles. The molecule has 2 aromatic rings. The molecule has 0 saturated heterocycles. The molecule has 0 aliphatic heterocycles. The van der Waals surface area contributed by atoms with E-state index in [1.165, 1.54) is 38.2 Å². The van der Waals surface area contributed by atoms with Crippen LogP contribution in [0.25, 0.3) is 11.1 Å². The largest absolute Gasteiger partial charge is 0.493 e. The minimum Gasteiger partial charge on any atom is -0.493 e. The highest BCUT2D eigenvalue weighted by molar-refractivity contribution is 5.94. The van der Waals surface area contributed by atoms with Gasteiger partial charge in [0.1, 0.15) is 0 Å². The zero-order valence-corrected chi connectivity index (χ0v) is 19.2. The van der Waals surface area contributed by atoms with E-state index in [-0.39, 0.29) is 11.5 Å². The Morgan fingerprint density at radius 2 is 1.72 bits per heavy atom. The minimum absolute atomic E-state index is 0.0469. The van der Waals surface area contributed by atoms with Crippen molar-refractivity contribution >= 4 is 11.8 Å². The quantitative estimate of drug-likeness (QED) is 0.768. The summed E-state index contributed by atoms with van der Waals surface area (Å²) >= 11 is 0. The van der Waals surface area contributed by atoms with Gasteiger partial charge in [-0.25, -0.2) is 0 Å². The topological polar surface area (TPSA) is 94.2 Å². The monoisotopic (exact) mass is 440 g/mol. The molecule has 0 bridgehead atoms. The van der Waals surface area contributed by atoms with E-state index in [4.69, 9.17) is 14.2 Å². The van der Waals surface area contributed by atoms with Gasteiger partial charge in [-0.2, -0.15) is 0 Å². The van der Waals surface area contributed by atoms with E-state index in [0.29, 0.717) is 41.2 Å². The highest BCUT2D eigenvalue weighted by Gasteiger charge is 2.29. The van der Waals surface area contributed by atoms with Gasteiger partial charge in [0, 0.05) is 26.6 Å². The summed E-state index contributed by atoms with van der Waals surface area (Å²) in [7, 11) is 7.80. The Morgan fingerprint density at radius 3 is 2.28 bits per heavy atom. The molecule has 0 unspecified atom stereocenters. The summed E-state index contributed by atoms with van der Waals surface area (Å²) in [6.07, 6.45) is 1.16. The second kappa shape index (κ2) is 9.30. The molecule has 3 rings (SSSR count).